The molecular formula is C18H35N3O4. The third kappa shape index (κ3) is 4.53. The first-order valence-corrected chi connectivity index (χ1v) is 9.75. The van der Waals surface area contributed by atoms with Gasteiger partial charge in [-0.1, -0.05) is 0 Å². The van der Waals surface area contributed by atoms with Crippen LogP contribution in [0.25, 0.3) is 0 Å². The fourth-order valence-electron chi connectivity index (χ4n) is 4.67. The lowest BCUT2D eigenvalue weighted by atomic mass is 10.0. The van der Waals surface area contributed by atoms with E-state index < -0.39 is 12.2 Å². The Labute approximate surface area is 151 Å². The normalized spacial score (nSPS) is 38.6. The number of hydrogen-bond donors (Lipinski definition) is 3. The van der Waals surface area contributed by atoms with E-state index in [9.17, 15) is 10.2 Å². The summed E-state index contributed by atoms with van der Waals surface area (Å²) >= 11 is 0. The lowest BCUT2D eigenvalue weighted by molar-refractivity contribution is -0.0222. The van der Waals surface area contributed by atoms with Gasteiger partial charge < -0.3 is 29.9 Å². The van der Waals surface area contributed by atoms with Gasteiger partial charge in [-0.15, -0.1) is 0 Å². The maximum absolute atomic E-state index is 10.7. The first-order valence-electron chi connectivity index (χ1n) is 9.75. The molecule has 0 aromatic heterocycles. The fraction of sp³-hybridized carbons (Fsp3) is 1.00. The summed E-state index contributed by atoms with van der Waals surface area (Å²) in [5.41, 5.74) is 0. The Balaban J connectivity index is 1.61. The summed E-state index contributed by atoms with van der Waals surface area (Å²) in [6, 6.07) is 0.772. The summed E-state index contributed by atoms with van der Waals surface area (Å²) < 4.78 is 11.4. The van der Waals surface area contributed by atoms with E-state index in [1.807, 2.05) is 0 Å². The Morgan fingerprint density at radius 1 is 1.16 bits per heavy atom. The van der Waals surface area contributed by atoms with Crippen LogP contribution in [0.2, 0.25) is 0 Å². The monoisotopic (exact) mass is 357 g/mol. The Morgan fingerprint density at radius 2 is 1.92 bits per heavy atom. The van der Waals surface area contributed by atoms with E-state index in [2.05, 4.69) is 22.2 Å². The van der Waals surface area contributed by atoms with Crippen molar-refractivity contribution in [3.63, 3.8) is 0 Å². The van der Waals surface area contributed by atoms with Crippen LogP contribution in [0.4, 0.5) is 0 Å². The molecule has 3 heterocycles. The van der Waals surface area contributed by atoms with Gasteiger partial charge in [0.15, 0.2) is 0 Å². The maximum atomic E-state index is 10.7. The molecular weight excluding hydrogens is 322 g/mol. The molecule has 0 aliphatic carbocycles. The summed E-state index contributed by atoms with van der Waals surface area (Å²) in [7, 11) is 3.89. The number of aliphatic hydroxyl groups is 2. The molecule has 5 atom stereocenters. The second-order valence-electron chi connectivity index (χ2n) is 7.85. The van der Waals surface area contributed by atoms with Gasteiger partial charge in [-0.2, -0.15) is 0 Å². The number of nitrogens with one attached hydrogen (secondary N) is 1. The van der Waals surface area contributed by atoms with E-state index in [1.54, 1.807) is 7.11 Å². The molecule has 0 saturated carbocycles. The van der Waals surface area contributed by atoms with Crippen molar-refractivity contribution in [2.45, 2.75) is 62.1 Å². The van der Waals surface area contributed by atoms with Crippen LogP contribution < -0.4 is 5.32 Å². The molecule has 7 heteroatoms. The van der Waals surface area contributed by atoms with Gasteiger partial charge in [-0.25, -0.2) is 0 Å². The lowest BCUT2D eigenvalue weighted by Crippen LogP contribution is -2.54. The zero-order valence-electron chi connectivity index (χ0n) is 15.6. The van der Waals surface area contributed by atoms with Gasteiger partial charge in [0.2, 0.25) is 0 Å². The number of likely N-dealkylation sites (tertiary alicyclic amines) is 2. The summed E-state index contributed by atoms with van der Waals surface area (Å²) in [5.74, 6) is 0. The van der Waals surface area contributed by atoms with Gasteiger partial charge in [0, 0.05) is 25.7 Å². The van der Waals surface area contributed by atoms with Crippen molar-refractivity contribution in [3.05, 3.63) is 0 Å². The first kappa shape index (κ1) is 19.5. The van der Waals surface area contributed by atoms with Crippen LogP contribution in [-0.2, 0) is 9.47 Å². The SMILES string of the molecule is COC[C@H]1CCCN1[C@@H]1[C@H](O)[C@H](CO)O[C@@H]1CNC1CCN(C)CC1. The van der Waals surface area contributed by atoms with E-state index in [0.29, 0.717) is 18.7 Å². The smallest absolute Gasteiger partial charge is 0.109 e. The van der Waals surface area contributed by atoms with E-state index in [-0.39, 0.29) is 18.8 Å². The van der Waals surface area contributed by atoms with Gasteiger partial charge in [0.1, 0.15) is 12.2 Å². The maximum Gasteiger partial charge on any atom is 0.109 e. The van der Waals surface area contributed by atoms with Crippen LogP contribution in [0.3, 0.4) is 0 Å². The number of hydrogen-bond acceptors (Lipinski definition) is 7. The van der Waals surface area contributed by atoms with Crippen LogP contribution in [0.1, 0.15) is 25.7 Å². The van der Waals surface area contributed by atoms with Crippen LogP contribution >= 0.6 is 0 Å². The minimum absolute atomic E-state index is 0.0708. The number of rotatable bonds is 7. The van der Waals surface area contributed by atoms with Gasteiger partial charge in [0.05, 0.1) is 25.4 Å². The Bertz CT molecular complexity index is 406. The predicted molar refractivity (Wildman–Crippen MR) is 95.7 cm³/mol. The number of ether oxygens (including phenoxy) is 2. The first-order chi connectivity index (χ1) is 12.1. The molecule has 0 bridgehead atoms. The van der Waals surface area contributed by atoms with Crippen molar-refractivity contribution < 1.29 is 19.7 Å². The molecule has 3 rings (SSSR count). The van der Waals surface area contributed by atoms with Crippen molar-refractivity contribution >= 4 is 0 Å². The van der Waals surface area contributed by atoms with E-state index in [1.165, 1.54) is 0 Å². The minimum Gasteiger partial charge on any atom is -0.394 e. The van der Waals surface area contributed by atoms with E-state index in [0.717, 1.165) is 51.9 Å². The third-order valence-electron chi connectivity index (χ3n) is 6.13. The van der Waals surface area contributed by atoms with Gasteiger partial charge in [-0.3, -0.25) is 4.90 Å². The van der Waals surface area contributed by atoms with Gasteiger partial charge >= 0.3 is 0 Å². The van der Waals surface area contributed by atoms with Crippen molar-refractivity contribution in [2.24, 2.45) is 0 Å². The summed E-state index contributed by atoms with van der Waals surface area (Å²) in [6.07, 6.45) is 3.28. The average molecular weight is 357 g/mol. The molecule has 25 heavy (non-hydrogen) atoms. The Kier molecular flexibility index (Phi) is 7.08. The number of piperidine rings is 1. The highest BCUT2D eigenvalue weighted by Crippen LogP contribution is 2.31. The van der Waals surface area contributed by atoms with Gasteiger partial charge in [-0.05, 0) is 52.4 Å². The second-order valence-corrected chi connectivity index (χ2v) is 7.85. The number of methoxy groups -OCH3 is 1. The molecule has 146 valence electrons. The Morgan fingerprint density at radius 3 is 2.60 bits per heavy atom. The quantitative estimate of drug-likeness (QED) is 0.555. The molecule has 3 aliphatic rings. The standard InChI is InChI=1S/C18H35N3O4/c1-20-8-5-13(6-9-20)19-10-15-17(18(23)16(11-22)25-15)21-7-3-4-14(21)12-24-2/h13-19,22-23H,3-12H2,1-2H3/t14-,15-,16+,17+,18-/m1/s1. The molecule has 3 N–H and O–H groups in total. The van der Waals surface area contributed by atoms with Crippen molar-refractivity contribution in [2.75, 3.05) is 53.6 Å². The molecule has 3 saturated heterocycles. The van der Waals surface area contributed by atoms with Crippen LogP contribution in [-0.4, -0.2) is 110 Å². The highest BCUT2D eigenvalue weighted by Gasteiger charge is 2.48. The summed E-state index contributed by atoms with van der Waals surface area (Å²) in [6.45, 7) is 4.48. The lowest BCUT2D eigenvalue weighted by Gasteiger charge is -2.36. The molecule has 0 aromatic rings. The minimum atomic E-state index is -0.647. The fourth-order valence-corrected chi connectivity index (χ4v) is 4.67. The molecule has 0 aromatic carbocycles. The highest BCUT2D eigenvalue weighted by atomic mass is 16.5. The van der Waals surface area contributed by atoms with Crippen LogP contribution in [0, 0.1) is 0 Å². The van der Waals surface area contributed by atoms with Gasteiger partial charge in [0.25, 0.3) is 0 Å². The summed E-state index contributed by atoms with van der Waals surface area (Å²) in [5, 5.41) is 24.0. The van der Waals surface area contributed by atoms with Crippen LogP contribution in [0.15, 0.2) is 0 Å². The van der Waals surface area contributed by atoms with Crippen molar-refractivity contribution in [1.29, 1.82) is 0 Å². The summed E-state index contributed by atoms with van der Waals surface area (Å²) in [4.78, 5) is 4.71. The topological polar surface area (TPSA) is 77.4 Å². The molecule has 3 aliphatic heterocycles. The zero-order chi connectivity index (χ0) is 17.8. The molecule has 0 amide bonds. The average Bonchev–Trinajstić information content (AvgIpc) is 3.18. The predicted octanol–water partition coefficient (Wildman–Crippen LogP) is -0.730. The Hall–Kier alpha value is -0.280. The molecule has 3 fully saturated rings. The van der Waals surface area contributed by atoms with Crippen molar-refractivity contribution in [1.82, 2.24) is 15.1 Å². The van der Waals surface area contributed by atoms with Crippen molar-refractivity contribution in [3.8, 4) is 0 Å². The molecule has 7 nitrogen and oxygen atoms in total. The third-order valence-corrected chi connectivity index (χ3v) is 6.13. The highest BCUT2D eigenvalue weighted by molar-refractivity contribution is 5.01. The molecule has 0 spiro atoms. The zero-order valence-corrected chi connectivity index (χ0v) is 15.6. The van der Waals surface area contributed by atoms with Crippen LogP contribution in [0.5, 0.6) is 0 Å². The molecule has 0 radical (unpaired) electrons. The second kappa shape index (κ2) is 9.08. The number of nitrogens with zero attached hydrogens (tertiary/aromatic N) is 2. The van der Waals surface area contributed by atoms with E-state index >= 15 is 0 Å². The largest absolute Gasteiger partial charge is 0.394 e. The molecule has 0 unspecified atom stereocenters. The van der Waals surface area contributed by atoms with E-state index in [4.69, 9.17) is 9.47 Å². The number of aliphatic hydroxyl groups excluding tert-OH is 2.